The Kier molecular flexibility index (Phi) is 5.16. The summed E-state index contributed by atoms with van der Waals surface area (Å²) in [5.41, 5.74) is -0.154. The Labute approximate surface area is 110 Å². The molecule has 0 aliphatic carbocycles. The largest absolute Gasteiger partial charge is 0.478 e. The highest BCUT2D eigenvalue weighted by Crippen LogP contribution is 2.26. The van der Waals surface area contributed by atoms with Crippen molar-refractivity contribution >= 4 is 17.7 Å². The molecule has 0 amide bonds. The van der Waals surface area contributed by atoms with Crippen LogP contribution in [0.4, 0.5) is 4.39 Å². The van der Waals surface area contributed by atoms with E-state index in [-0.39, 0.29) is 17.0 Å². The Morgan fingerprint density at radius 3 is 2.72 bits per heavy atom. The fourth-order valence-electron chi connectivity index (χ4n) is 1.26. The summed E-state index contributed by atoms with van der Waals surface area (Å²) in [6.45, 7) is 3.91. The molecule has 0 radical (unpaired) electrons. The Bertz CT molecular complexity index is 432. The molecule has 0 spiro atoms. The molecule has 3 nitrogen and oxygen atoms in total. The highest BCUT2D eigenvalue weighted by molar-refractivity contribution is 7.99. The molecule has 0 aliphatic heterocycles. The van der Waals surface area contributed by atoms with Crippen LogP contribution < -0.4 is 0 Å². The van der Waals surface area contributed by atoms with E-state index in [0.717, 1.165) is 6.42 Å². The van der Waals surface area contributed by atoms with Crippen molar-refractivity contribution in [1.29, 1.82) is 0 Å². The maximum atomic E-state index is 13.5. The van der Waals surface area contributed by atoms with Crippen LogP contribution in [0.25, 0.3) is 0 Å². The third-order valence-electron chi connectivity index (χ3n) is 2.69. The van der Waals surface area contributed by atoms with Crippen LogP contribution in [-0.4, -0.2) is 29.5 Å². The third kappa shape index (κ3) is 4.31. The minimum atomic E-state index is -1.05. The molecule has 0 heterocycles. The van der Waals surface area contributed by atoms with Gasteiger partial charge in [-0.05, 0) is 38.5 Å². The van der Waals surface area contributed by atoms with Gasteiger partial charge >= 0.3 is 5.97 Å². The smallest absolute Gasteiger partial charge is 0.335 e. The van der Waals surface area contributed by atoms with Gasteiger partial charge in [0, 0.05) is 17.8 Å². The van der Waals surface area contributed by atoms with Crippen LogP contribution in [0, 0.1) is 5.82 Å². The molecule has 100 valence electrons. The number of aromatic carboxylic acids is 1. The number of ether oxygens (including phenoxy) is 1. The van der Waals surface area contributed by atoms with Crippen LogP contribution in [0.2, 0.25) is 0 Å². The first-order valence-electron chi connectivity index (χ1n) is 5.56. The Balaban J connectivity index is 2.67. The molecule has 5 heteroatoms. The van der Waals surface area contributed by atoms with E-state index in [1.165, 1.54) is 30.0 Å². The van der Waals surface area contributed by atoms with Crippen molar-refractivity contribution in [2.24, 2.45) is 0 Å². The molecule has 18 heavy (non-hydrogen) atoms. The van der Waals surface area contributed by atoms with Gasteiger partial charge < -0.3 is 9.84 Å². The second-order valence-electron chi connectivity index (χ2n) is 4.51. The lowest BCUT2D eigenvalue weighted by Crippen LogP contribution is -2.22. The Hall–Kier alpha value is -1.07. The van der Waals surface area contributed by atoms with Gasteiger partial charge in [0.1, 0.15) is 5.82 Å². The summed E-state index contributed by atoms with van der Waals surface area (Å²) in [6, 6.07) is 3.82. The molecule has 0 fully saturated rings. The highest BCUT2D eigenvalue weighted by Gasteiger charge is 2.16. The van der Waals surface area contributed by atoms with E-state index in [0.29, 0.717) is 10.6 Å². The number of hydrogen-bond donors (Lipinski definition) is 1. The van der Waals surface area contributed by atoms with E-state index in [4.69, 9.17) is 9.84 Å². The molecule has 1 rings (SSSR count). The molecule has 1 aromatic carbocycles. The van der Waals surface area contributed by atoms with Crippen LogP contribution in [-0.2, 0) is 4.74 Å². The number of hydrogen-bond acceptors (Lipinski definition) is 3. The summed E-state index contributed by atoms with van der Waals surface area (Å²) in [7, 11) is 1.64. The molecule has 1 N–H and O–H groups in total. The standard InChI is InChI=1S/C13H17FO3S/c1-13(2,17-3)6-7-18-11-8-9(12(15)16)4-5-10(11)14/h4-5,8H,6-7H2,1-3H3,(H,15,16). The van der Waals surface area contributed by atoms with Crippen molar-refractivity contribution in [2.45, 2.75) is 30.8 Å². The monoisotopic (exact) mass is 272 g/mol. The summed E-state index contributed by atoms with van der Waals surface area (Å²) in [5, 5.41) is 8.84. The van der Waals surface area contributed by atoms with Gasteiger partial charge in [-0.15, -0.1) is 11.8 Å². The summed E-state index contributed by atoms with van der Waals surface area (Å²) >= 11 is 1.30. The molecule has 0 bridgehead atoms. The van der Waals surface area contributed by atoms with Gasteiger partial charge in [-0.3, -0.25) is 0 Å². The Morgan fingerprint density at radius 2 is 2.17 bits per heavy atom. The van der Waals surface area contributed by atoms with Crippen molar-refractivity contribution < 1.29 is 19.0 Å². The number of halogens is 1. The van der Waals surface area contributed by atoms with Gasteiger partial charge in [0.25, 0.3) is 0 Å². The van der Waals surface area contributed by atoms with Crippen LogP contribution in [0.5, 0.6) is 0 Å². The third-order valence-corrected chi connectivity index (χ3v) is 3.72. The van der Waals surface area contributed by atoms with Crippen molar-refractivity contribution in [1.82, 2.24) is 0 Å². The van der Waals surface area contributed by atoms with Gasteiger partial charge in [-0.1, -0.05) is 0 Å². The molecule has 0 unspecified atom stereocenters. The number of carbonyl (C=O) groups is 1. The molecular weight excluding hydrogens is 255 g/mol. The van der Waals surface area contributed by atoms with E-state index in [9.17, 15) is 9.18 Å². The van der Waals surface area contributed by atoms with Crippen molar-refractivity contribution in [2.75, 3.05) is 12.9 Å². The molecule has 0 aliphatic rings. The minimum Gasteiger partial charge on any atom is -0.478 e. The summed E-state index contributed by atoms with van der Waals surface area (Å²) < 4.78 is 18.8. The van der Waals surface area contributed by atoms with Crippen LogP contribution in [0.3, 0.4) is 0 Å². The predicted octanol–water partition coefficient (Wildman–Crippen LogP) is 3.43. The molecule has 0 aromatic heterocycles. The lowest BCUT2D eigenvalue weighted by Gasteiger charge is -2.22. The lowest BCUT2D eigenvalue weighted by molar-refractivity contribution is 0.0206. The zero-order valence-electron chi connectivity index (χ0n) is 10.7. The van der Waals surface area contributed by atoms with Crippen LogP contribution in [0.15, 0.2) is 23.1 Å². The Morgan fingerprint density at radius 1 is 1.50 bits per heavy atom. The van der Waals surface area contributed by atoms with Crippen molar-refractivity contribution in [3.8, 4) is 0 Å². The minimum absolute atomic E-state index is 0.102. The van der Waals surface area contributed by atoms with E-state index >= 15 is 0 Å². The SMILES string of the molecule is COC(C)(C)CCSc1cc(C(=O)O)ccc1F. The van der Waals surface area contributed by atoms with E-state index in [2.05, 4.69) is 0 Å². The van der Waals surface area contributed by atoms with Gasteiger partial charge in [-0.2, -0.15) is 0 Å². The summed E-state index contributed by atoms with van der Waals surface area (Å²) in [4.78, 5) is 11.2. The fourth-order valence-corrected chi connectivity index (χ4v) is 2.49. The molecule has 0 atom stereocenters. The zero-order chi connectivity index (χ0) is 13.8. The topological polar surface area (TPSA) is 46.5 Å². The first kappa shape index (κ1) is 15.0. The number of methoxy groups -OCH3 is 1. The maximum absolute atomic E-state index is 13.5. The normalized spacial score (nSPS) is 11.6. The summed E-state index contributed by atoms with van der Waals surface area (Å²) in [6.07, 6.45) is 0.755. The first-order chi connectivity index (χ1) is 8.35. The van der Waals surface area contributed by atoms with Gasteiger partial charge in [0.15, 0.2) is 0 Å². The second kappa shape index (κ2) is 6.20. The summed E-state index contributed by atoms with van der Waals surface area (Å²) in [5.74, 6) is -0.768. The number of rotatable bonds is 6. The average Bonchev–Trinajstić information content (AvgIpc) is 2.31. The van der Waals surface area contributed by atoms with Gasteiger partial charge in [-0.25, -0.2) is 9.18 Å². The highest BCUT2D eigenvalue weighted by atomic mass is 32.2. The zero-order valence-corrected chi connectivity index (χ0v) is 11.5. The fraction of sp³-hybridized carbons (Fsp3) is 0.462. The average molecular weight is 272 g/mol. The predicted molar refractivity (Wildman–Crippen MR) is 69.8 cm³/mol. The molecule has 0 saturated heterocycles. The quantitative estimate of drug-likeness (QED) is 0.806. The molecule has 0 saturated carbocycles. The lowest BCUT2D eigenvalue weighted by atomic mass is 10.1. The number of carboxylic acid groups (broad SMARTS) is 1. The first-order valence-corrected chi connectivity index (χ1v) is 6.55. The number of benzene rings is 1. The van der Waals surface area contributed by atoms with Gasteiger partial charge in [0.2, 0.25) is 0 Å². The molecule has 1 aromatic rings. The van der Waals surface area contributed by atoms with E-state index in [1.807, 2.05) is 13.8 Å². The molecular formula is C13H17FO3S. The van der Waals surface area contributed by atoms with E-state index < -0.39 is 5.97 Å². The van der Waals surface area contributed by atoms with Crippen LogP contribution in [0.1, 0.15) is 30.6 Å². The van der Waals surface area contributed by atoms with Crippen molar-refractivity contribution in [3.05, 3.63) is 29.6 Å². The van der Waals surface area contributed by atoms with Crippen LogP contribution >= 0.6 is 11.8 Å². The van der Waals surface area contributed by atoms with E-state index in [1.54, 1.807) is 7.11 Å². The van der Waals surface area contributed by atoms with Gasteiger partial charge in [0.05, 0.1) is 11.2 Å². The maximum Gasteiger partial charge on any atom is 0.335 e. The number of thioether (sulfide) groups is 1. The van der Waals surface area contributed by atoms with Crippen molar-refractivity contribution in [3.63, 3.8) is 0 Å². The second-order valence-corrected chi connectivity index (χ2v) is 5.65. The number of carboxylic acids is 1.